The van der Waals surface area contributed by atoms with E-state index in [-0.39, 0.29) is 0 Å². The molecule has 6 heteroatoms. The molecule has 0 saturated carbocycles. The van der Waals surface area contributed by atoms with Crippen molar-refractivity contribution < 1.29 is 22.1 Å². The van der Waals surface area contributed by atoms with Crippen LogP contribution in [0.3, 0.4) is 0 Å². The summed E-state index contributed by atoms with van der Waals surface area (Å²) in [5.41, 5.74) is 3.08. The van der Waals surface area contributed by atoms with E-state index >= 15 is 0 Å². The van der Waals surface area contributed by atoms with Crippen LogP contribution in [0.2, 0.25) is 0 Å². The van der Waals surface area contributed by atoms with Crippen LogP contribution in [0.1, 0.15) is 56.7 Å². The minimum absolute atomic E-state index is 0.571. The minimum atomic E-state index is -5.11. The van der Waals surface area contributed by atoms with Crippen LogP contribution in [0.25, 0.3) is 0 Å². The van der Waals surface area contributed by atoms with Crippen molar-refractivity contribution in [3.8, 4) is 0 Å². The second kappa shape index (κ2) is 11.8. The van der Waals surface area contributed by atoms with Gasteiger partial charge in [0.1, 0.15) is 0 Å². The minimum Gasteiger partial charge on any atom is -0.395 e. The first kappa shape index (κ1) is 26.9. The van der Waals surface area contributed by atoms with E-state index < -0.39 is 22.5 Å². The Morgan fingerprint density at radius 1 is 0.743 bits per heavy atom. The van der Waals surface area contributed by atoms with Crippen LogP contribution in [-0.4, -0.2) is 12.1 Å². The fraction of sp³-hybridized carbons (Fsp3) is 0.345. The summed E-state index contributed by atoms with van der Waals surface area (Å²) in [6.07, 6.45) is -0.256. The van der Waals surface area contributed by atoms with Gasteiger partial charge in [0.15, 0.2) is 0 Å². The summed E-state index contributed by atoms with van der Waals surface area (Å²) in [4.78, 5) is 14.5. The Kier molecular flexibility index (Phi) is 9.06. The molecule has 0 N–H and O–H groups in total. The van der Waals surface area contributed by atoms with E-state index in [0.29, 0.717) is 22.6 Å². The van der Waals surface area contributed by atoms with E-state index in [1.807, 2.05) is 12.1 Å². The predicted octanol–water partition coefficient (Wildman–Crippen LogP) is 8.85. The molecule has 188 valence electrons. The Bertz CT molecular complexity index is 1050. The van der Waals surface area contributed by atoms with Crippen LogP contribution in [0, 0.1) is 0 Å². The lowest BCUT2D eigenvalue weighted by Crippen LogP contribution is -2.28. The first-order chi connectivity index (χ1) is 16.8. The highest BCUT2D eigenvalue weighted by molar-refractivity contribution is 8.30. The molecule has 3 aromatic rings. The van der Waals surface area contributed by atoms with Crippen molar-refractivity contribution >= 4 is 16.3 Å². The molecule has 0 radical (unpaired) electrons. The van der Waals surface area contributed by atoms with E-state index in [4.69, 9.17) is 4.18 Å². The van der Waals surface area contributed by atoms with Gasteiger partial charge in [0, 0.05) is 14.7 Å². The highest BCUT2D eigenvalue weighted by Crippen LogP contribution is 2.71. The highest BCUT2D eigenvalue weighted by atomic mass is 32.3. The van der Waals surface area contributed by atoms with Crippen LogP contribution in [0.15, 0.2) is 87.5 Å². The molecule has 0 aliphatic rings. The Hall–Kier alpha value is -2.73. The standard InChI is InChI=1S/C29H33F3O2S/c1-4-13-22-20-23(14-5-2)27(24(21-22)15-6-3)35(25-16-9-7-10-17-25,26-18-11-8-12-19-26)34-28(33)29(30,31)32/h7-12,16-21H,4-6,13-15H2,1-3H3. The van der Waals surface area contributed by atoms with Crippen molar-refractivity contribution in [2.45, 2.75) is 80.2 Å². The van der Waals surface area contributed by atoms with Crippen LogP contribution in [0.5, 0.6) is 0 Å². The molecule has 3 aromatic carbocycles. The van der Waals surface area contributed by atoms with E-state index in [2.05, 4.69) is 32.9 Å². The fourth-order valence-corrected chi connectivity index (χ4v) is 7.92. The summed E-state index contributed by atoms with van der Waals surface area (Å²) in [5, 5.41) is 0. The second-order valence-corrected chi connectivity index (χ2v) is 11.2. The smallest absolute Gasteiger partial charge is 0.395 e. The molecular weight excluding hydrogens is 469 g/mol. The maximum Gasteiger partial charge on any atom is 0.491 e. The van der Waals surface area contributed by atoms with Gasteiger partial charge < -0.3 is 4.18 Å². The second-order valence-electron chi connectivity index (χ2n) is 8.54. The number of hydrogen-bond acceptors (Lipinski definition) is 2. The molecule has 0 spiro atoms. The normalized spacial score (nSPS) is 12.4. The molecule has 0 saturated heterocycles. The van der Waals surface area contributed by atoms with Gasteiger partial charge in [-0.05, 0) is 70.5 Å². The molecule has 0 heterocycles. The van der Waals surface area contributed by atoms with Crippen molar-refractivity contribution in [2.24, 2.45) is 0 Å². The Morgan fingerprint density at radius 3 is 1.54 bits per heavy atom. The molecule has 0 bridgehead atoms. The Balaban J connectivity index is 2.49. The molecule has 0 fully saturated rings. The lowest BCUT2D eigenvalue weighted by molar-refractivity contribution is -0.188. The van der Waals surface area contributed by atoms with Gasteiger partial charge in [0.05, 0.1) is 0 Å². The topological polar surface area (TPSA) is 26.3 Å². The molecule has 35 heavy (non-hydrogen) atoms. The zero-order valence-electron chi connectivity index (χ0n) is 20.5. The van der Waals surface area contributed by atoms with Crippen molar-refractivity contribution in [1.29, 1.82) is 0 Å². The van der Waals surface area contributed by atoms with Gasteiger partial charge in [-0.1, -0.05) is 88.6 Å². The van der Waals surface area contributed by atoms with Crippen LogP contribution in [-0.2, 0) is 28.2 Å². The summed E-state index contributed by atoms with van der Waals surface area (Å²) in [6.45, 7) is 6.22. The first-order valence-electron chi connectivity index (χ1n) is 12.2. The number of rotatable bonds is 10. The van der Waals surface area contributed by atoms with Crippen LogP contribution >= 0.6 is 10.3 Å². The largest absolute Gasteiger partial charge is 0.491 e. The molecule has 2 nitrogen and oxygen atoms in total. The molecular formula is C29H33F3O2S. The van der Waals surface area contributed by atoms with E-state index in [1.54, 1.807) is 48.5 Å². The SMILES string of the molecule is CCCc1cc(CCC)c(S(OC(=O)C(F)(F)F)(c2ccccc2)c2ccccc2)c(CCC)c1. The summed E-state index contributed by atoms with van der Waals surface area (Å²) >= 11 is 0. The first-order valence-corrected chi connectivity index (χ1v) is 13.7. The molecule has 0 aromatic heterocycles. The molecule has 0 aliphatic carbocycles. The van der Waals surface area contributed by atoms with Crippen molar-refractivity contribution in [3.63, 3.8) is 0 Å². The maximum atomic E-state index is 13.7. The zero-order valence-corrected chi connectivity index (χ0v) is 21.3. The number of carbonyl (C=O) groups excluding carboxylic acids is 1. The third kappa shape index (κ3) is 5.92. The quantitative estimate of drug-likeness (QED) is 0.277. The predicted molar refractivity (Wildman–Crippen MR) is 136 cm³/mol. The number of carbonyl (C=O) groups is 1. The third-order valence-corrected chi connectivity index (χ3v) is 9.12. The van der Waals surface area contributed by atoms with Gasteiger partial charge in [-0.15, -0.1) is 0 Å². The molecule has 0 aliphatic heterocycles. The maximum absolute atomic E-state index is 13.7. The number of alkyl halides is 3. The van der Waals surface area contributed by atoms with Gasteiger partial charge >= 0.3 is 12.1 Å². The summed E-state index contributed by atoms with van der Waals surface area (Å²) in [7, 11) is -3.02. The van der Waals surface area contributed by atoms with Gasteiger partial charge in [0.2, 0.25) is 0 Å². The zero-order chi connectivity index (χ0) is 25.5. The van der Waals surface area contributed by atoms with Crippen LogP contribution < -0.4 is 0 Å². The average Bonchev–Trinajstić information content (AvgIpc) is 2.84. The highest BCUT2D eigenvalue weighted by Gasteiger charge is 2.48. The Morgan fingerprint density at radius 2 is 1.17 bits per heavy atom. The van der Waals surface area contributed by atoms with Gasteiger partial charge in [-0.25, -0.2) is 4.79 Å². The fourth-order valence-electron chi connectivity index (χ4n) is 4.43. The van der Waals surface area contributed by atoms with E-state index in [9.17, 15) is 18.0 Å². The van der Waals surface area contributed by atoms with E-state index in [1.165, 1.54) is 5.56 Å². The lowest BCUT2D eigenvalue weighted by atomic mass is 9.97. The molecule has 3 rings (SSSR count). The van der Waals surface area contributed by atoms with Crippen molar-refractivity contribution in [1.82, 2.24) is 0 Å². The molecule has 0 amide bonds. The number of aryl methyl sites for hydroxylation is 3. The van der Waals surface area contributed by atoms with E-state index in [0.717, 1.165) is 41.7 Å². The summed E-state index contributed by atoms with van der Waals surface area (Å²) in [5.74, 6) is -2.16. The average molecular weight is 503 g/mol. The third-order valence-electron chi connectivity index (χ3n) is 5.75. The number of benzene rings is 3. The Labute approximate surface area is 208 Å². The number of halogens is 3. The lowest BCUT2D eigenvalue weighted by Gasteiger charge is -2.42. The monoisotopic (exact) mass is 502 g/mol. The van der Waals surface area contributed by atoms with Gasteiger partial charge in [-0.3, -0.25) is 0 Å². The summed E-state index contributed by atoms with van der Waals surface area (Å²) < 4.78 is 46.9. The van der Waals surface area contributed by atoms with Gasteiger partial charge in [-0.2, -0.15) is 13.2 Å². The summed E-state index contributed by atoms with van der Waals surface area (Å²) in [6, 6.07) is 22.1. The van der Waals surface area contributed by atoms with Crippen molar-refractivity contribution in [2.75, 3.05) is 0 Å². The molecule has 0 atom stereocenters. The van der Waals surface area contributed by atoms with Crippen molar-refractivity contribution in [3.05, 3.63) is 89.5 Å². The van der Waals surface area contributed by atoms with Crippen LogP contribution in [0.4, 0.5) is 13.2 Å². The molecule has 0 unspecified atom stereocenters. The number of hydrogen-bond donors (Lipinski definition) is 0. The van der Waals surface area contributed by atoms with Gasteiger partial charge in [0.25, 0.3) is 0 Å².